The van der Waals surface area contributed by atoms with Gasteiger partial charge in [-0.15, -0.1) is 0 Å². The summed E-state index contributed by atoms with van der Waals surface area (Å²) in [6, 6.07) is 0. The Kier molecular flexibility index (Phi) is 15.9. The summed E-state index contributed by atoms with van der Waals surface area (Å²) in [6.45, 7) is 7.85. The quantitative estimate of drug-likeness (QED) is 0.431. The fourth-order valence-corrected chi connectivity index (χ4v) is 2.32. The molecule has 0 radical (unpaired) electrons. The maximum absolute atomic E-state index is 5.48. The Morgan fingerprint density at radius 1 is 0.684 bits per heavy atom. The normalized spacial score (nSPS) is 11.4. The number of rotatable bonds is 15. The topological polar surface area (TPSA) is 38.0 Å². The van der Waals surface area contributed by atoms with Crippen LogP contribution >= 0.6 is 0 Å². The van der Waals surface area contributed by atoms with Gasteiger partial charge in [-0.05, 0) is 44.8 Å². The molecule has 0 rings (SSSR count). The molecule has 0 saturated carbocycles. The largest absolute Gasteiger partial charge is 0.330 e. The maximum Gasteiger partial charge on any atom is -0.00465 e. The third-order valence-corrected chi connectivity index (χ3v) is 3.71. The van der Waals surface area contributed by atoms with E-state index in [1.807, 2.05) is 0 Å². The van der Waals surface area contributed by atoms with E-state index < -0.39 is 0 Å². The van der Waals surface area contributed by atoms with Crippen molar-refractivity contribution in [2.24, 2.45) is 11.7 Å². The van der Waals surface area contributed by atoms with Crippen LogP contribution in [0.3, 0.4) is 0 Å². The van der Waals surface area contributed by atoms with Crippen LogP contribution in [0.15, 0.2) is 0 Å². The van der Waals surface area contributed by atoms with Gasteiger partial charge in [0.05, 0.1) is 0 Å². The summed E-state index contributed by atoms with van der Waals surface area (Å²) >= 11 is 0. The molecule has 0 heterocycles. The van der Waals surface area contributed by atoms with Crippen LogP contribution in [-0.2, 0) is 0 Å². The zero-order valence-corrected chi connectivity index (χ0v) is 13.6. The highest BCUT2D eigenvalue weighted by molar-refractivity contribution is 4.53. The van der Waals surface area contributed by atoms with Crippen LogP contribution in [-0.4, -0.2) is 19.6 Å². The van der Waals surface area contributed by atoms with Gasteiger partial charge >= 0.3 is 0 Å². The molecule has 0 bridgehead atoms. The number of unbranched alkanes of at least 4 members (excludes halogenated alkanes) is 9. The molecular formula is C17H38N2. The molecule has 0 aliphatic rings. The summed E-state index contributed by atoms with van der Waals surface area (Å²) in [6.07, 6.45) is 15.1. The van der Waals surface area contributed by atoms with Gasteiger partial charge in [-0.1, -0.05) is 65.2 Å². The van der Waals surface area contributed by atoms with Gasteiger partial charge in [0, 0.05) is 0 Å². The molecule has 0 aromatic heterocycles. The van der Waals surface area contributed by atoms with Crippen molar-refractivity contribution in [3.8, 4) is 0 Å². The minimum atomic E-state index is 0.831. The molecule has 0 saturated heterocycles. The van der Waals surface area contributed by atoms with E-state index in [0.29, 0.717) is 0 Å². The van der Waals surface area contributed by atoms with Crippen molar-refractivity contribution < 1.29 is 0 Å². The first kappa shape index (κ1) is 18.9. The summed E-state index contributed by atoms with van der Waals surface area (Å²) in [5, 5.41) is 3.54. The highest BCUT2D eigenvalue weighted by Gasteiger charge is 1.94. The molecule has 0 amide bonds. The molecule has 116 valence electrons. The number of nitrogens with one attached hydrogen (secondary N) is 1. The monoisotopic (exact) mass is 270 g/mol. The third kappa shape index (κ3) is 17.9. The lowest BCUT2D eigenvalue weighted by atomic mass is 10.1. The van der Waals surface area contributed by atoms with Crippen LogP contribution in [0.25, 0.3) is 0 Å². The van der Waals surface area contributed by atoms with Gasteiger partial charge in [0.1, 0.15) is 0 Å². The summed E-state index contributed by atoms with van der Waals surface area (Å²) in [5.41, 5.74) is 5.48. The molecule has 0 aliphatic heterocycles. The minimum absolute atomic E-state index is 0.831. The minimum Gasteiger partial charge on any atom is -0.330 e. The van der Waals surface area contributed by atoms with Crippen molar-refractivity contribution in [2.45, 2.75) is 84.5 Å². The average Bonchev–Trinajstić information content (AvgIpc) is 2.39. The molecule has 0 aliphatic carbocycles. The van der Waals surface area contributed by atoms with E-state index in [4.69, 9.17) is 5.73 Å². The van der Waals surface area contributed by atoms with Gasteiger partial charge in [-0.3, -0.25) is 0 Å². The van der Waals surface area contributed by atoms with E-state index in [2.05, 4.69) is 19.2 Å². The standard InChI is InChI=1S/C17H38N2/c1-17(2)13-16-19-15-12-10-8-6-4-3-5-7-9-11-14-18/h17,19H,3-16,18H2,1-2H3. The highest BCUT2D eigenvalue weighted by atomic mass is 14.8. The molecule has 2 heteroatoms. The number of hydrogen-bond donors (Lipinski definition) is 2. The van der Waals surface area contributed by atoms with Crippen molar-refractivity contribution in [1.29, 1.82) is 0 Å². The SMILES string of the molecule is CC(C)CCNCCCCCCCCCCCCN. The molecule has 0 spiro atoms. The van der Waals surface area contributed by atoms with Gasteiger partial charge in [0.2, 0.25) is 0 Å². The van der Waals surface area contributed by atoms with Crippen LogP contribution in [0.2, 0.25) is 0 Å². The van der Waals surface area contributed by atoms with Crippen LogP contribution in [0, 0.1) is 5.92 Å². The van der Waals surface area contributed by atoms with E-state index >= 15 is 0 Å². The van der Waals surface area contributed by atoms with Crippen molar-refractivity contribution in [3.05, 3.63) is 0 Å². The average molecular weight is 271 g/mol. The molecule has 0 unspecified atom stereocenters. The molecule has 0 atom stereocenters. The maximum atomic E-state index is 5.48. The molecular weight excluding hydrogens is 232 g/mol. The number of hydrogen-bond acceptors (Lipinski definition) is 2. The van der Waals surface area contributed by atoms with Crippen LogP contribution in [0.4, 0.5) is 0 Å². The Bertz CT molecular complexity index is 157. The summed E-state index contributed by atoms with van der Waals surface area (Å²) in [7, 11) is 0. The van der Waals surface area contributed by atoms with Gasteiger partial charge in [0.25, 0.3) is 0 Å². The van der Waals surface area contributed by atoms with Gasteiger partial charge in [0.15, 0.2) is 0 Å². The van der Waals surface area contributed by atoms with Crippen molar-refractivity contribution in [1.82, 2.24) is 5.32 Å². The van der Waals surface area contributed by atoms with E-state index in [1.165, 1.54) is 83.7 Å². The van der Waals surface area contributed by atoms with E-state index in [1.54, 1.807) is 0 Å². The van der Waals surface area contributed by atoms with E-state index in [-0.39, 0.29) is 0 Å². The predicted molar refractivity (Wildman–Crippen MR) is 87.5 cm³/mol. The lowest BCUT2D eigenvalue weighted by molar-refractivity contribution is 0.513. The van der Waals surface area contributed by atoms with E-state index in [0.717, 1.165) is 12.5 Å². The lowest BCUT2D eigenvalue weighted by Gasteiger charge is -2.06. The Balaban J connectivity index is 2.91. The van der Waals surface area contributed by atoms with E-state index in [9.17, 15) is 0 Å². The summed E-state index contributed by atoms with van der Waals surface area (Å²) in [5.74, 6) is 0.831. The van der Waals surface area contributed by atoms with Crippen LogP contribution < -0.4 is 11.1 Å². The molecule has 0 aromatic carbocycles. The summed E-state index contributed by atoms with van der Waals surface area (Å²) in [4.78, 5) is 0. The Labute approximate surface area is 121 Å². The second kappa shape index (κ2) is 16.0. The molecule has 19 heavy (non-hydrogen) atoms. The second-order valence-electron chi connectivity index (χ2n) is 6.26. The van der Waals surface area contributed by atoms with Crippen molar-refractivity contribution >= 4 is 0 Å². The predicted octanol–water partition coefficient (Wildman–Crippen LogP) is 4.48. The zero-order valence-electron chi connectivity index (χ0n) is 13.6. The smallest absolute Gasteiger partial charge is 0.00465 e. The highest BCUT2D eigenvalue weighted by Crippen LogP contribution is 2.10. The molecule has 2 nitrogen and oxygen atoms in total. The first-order valence-corrected chi connectivity index (χ1v) is 8.68. The Morgan fingerprint density at radius 3 is 1.63 bits per heavy atom. The fraction of sp³-hybridized carbons (Fsp3) is 1.00. The van der Waals surface area contributed by atoms with Crippen LogP contribution in [0.5, 0.6) is 0 Å². The van der Waals surface area contributed by atoms with Crippen molar-refractivity contribution in [3.63, 3.8) is 0 Å². The first-order valence-electron chi connectivity index (χ1n) is 8.68. The van der Waals surface area contributed by atoms with Crippen molar-refractivity contribution in [2.75, 3.05) is 19.6 Å². The Morgan fingerprint density at radius 2 is 1.16 bits per heavy atom. The van der Waals surface area contributed by atoms with Gasteiger partial charge in [-0.25, -0.2) is 0 Å². The fourth-order valence-electron chi connectivity index (χ4n) is 2.32. The number of nitrogens with two attached hydrogens (primary N) is 1. The van der Waals surface area contributed by atoms with Crippen LogP contribution in [0.1, 0.15) is 84.5 Å². The van der Waals surface area contributed by atoms with Gasteiger partial charge in [-0.2, -0.15) is 0 Å². The van der Waals surface area contributed by atoms with Gasteiger partial charge < -0.3 is 11.1 Å². The Hall–Kier alpha value is -0.0800. The molecule has 0 aromatic rings. The molecule has 0 fully saturated rings. The lowest BCUT2D eigenvalue weighted by Crippen LogP contribution is -2.17. The molecule has 3 N–H and O–H groups in total. The third-order valence-electron chi connectivity index (χ3n) is 3.71. The first-order chi connectivity index (χ1) is 9.27. The zero-order chi connectivity index (χ0) is 14.2. The second-order valence-corrected chi connectivity index (χ2v) is 6.26. The summed E-state index contributed by atoms with van der Waals surface area (Å²) < 4.78 is 0.